The predicted octanol–water partition coefficient (Wildman–Crippen LogP) is 10.7. The standard InChI is InChI=1S/C41H70NO8P/c1-3-5-7-9-11-13-15-16-17-18-19-20-21-22-24-26-28-30-32-34-41(44)50-39(38-49-51(45,46)48-36-35-42)37-47-40(43)33-31-29-27-25-23-14-12-10-8-6-4-2/h5,7,10-13,16-17,19-20,22,24,39H,3-4,6,8-9,14-15,18,21,23,25-38,42H2,1-2H3,(H,45,46)/t39-/m1/s1. The van der Waals surface area contributed by atoms with E-state index in [4.69, 9.17) is 24.3 Å². The number of rotatable bonds is 35. The van der Waals surface area contributed by atoms with Gasteiger partial charge < -0.3 is 20.1 Å². The molecule has 10 heteroatoms. The first kappa shape index (κ1) is 48.5. The highest BCUT2D eigenvalue weighted by atomic mass is 31.2. The number of esters is 2. The molecule has 0 fully saturated rings. The molecule has 0 amide bonds. The van der Waals surface area contributed by atoms with Crippen molar-refractivity contribution in [3.63, 3.8) is 0 Å². The number of hydrogen-bond acceptors (Lipinski definition) is 8. The highest BCUT2D eigenvalue weighted by Gasteiger charge is 2.25. The van der Waals surface area contributed by atoms with E-state index >= 15 is 0 Å². The second-order valence-electron chi connectivity index (χ2n) is 12.4. The third kappa shape index (κ3) is 37.0. The number of ether oxygens (including phenoxy) is 2. The third-order valence-corrected chi connectivity index (χ3v) is 8.56. The Morgan fingerprint density at radius 3 is 1.65 bits per heavy atom. The van der Waals surface area contributed by atoms with Crippen molar-refractivity contribution < 1.29 is 37.6 Å². The maximum Gasteiger partial charge on any atom is 0.472 e. The van der Waals surface area contributed by atoms with Crippen LogP contribution in [0.25, 0.3) is 0 Å². The lowest BCUT2D eigenvalue weighted by Gasteiger charge is -2.19. The molecule has 1 unspecified atom stereocenters. The van der Waals surface area contributed by atoms with Gasteiger partial charge in [0, 0.05) is 19.4 Å². The van der Waals surface area contributed by atoms with Gasteiger partial charge in [-0.15, -0.1) is 0 Å². The van der Waals surface area contributed by atoms with Crippen molar-refractivity contribution in [2.75, 3.05) is 26.4 Å². The van der Waals surface area contributed by atoms with E-state index in [-0.39, 0.29) is 32.6 Å². The summed E-state index contributed by atoms with van der Waals surface area (Å²) in [7, 11) is -4.39. The fraction of sp³-hybridized carbons (Fsp3) is 0.659. The van der Waals surface area contributed by atoms with Gasteiger partial charge in [0.05, 0.1) is 13.2 Å². The van der Waals surface area contributed by atoms with Gasteiger partial charge >= 0.3 is 19.8 Å². The van der Waals surface area contributed by atoms with E-state index in [1.807, 2.05) is 0 Å². The van der Waals surface area contributed by atoms with Gasteiger partial charge in [-0.2, -0.15) is 0 Å². The van der Waals surface area contributed by atoms with Gasteiger partial charge in [0.25, 0.3) is 0 Å². The van der Waals surface area contributed by atoms with Crippen LogP contribution in [0.4, 0.5) is 0 Å². The lowest BCUT2D eigenvalue weighted by molar-refractivity contribution is -0.161. The Balaban J connectivity index is 4.30. The van der Waals surface area contributed by atoms with Crippen LogP contribution in [0.1, 0.15) is 142 Å². The Hall–Kier alpha value is -2.55. The molecule has 292 valence electrons. The fourth-order valence-electron chi connectivity index (χ4n) is 4.70. The Morgan fingerprint density at radius 1 is 0.608 bits per heavy atom. The molecule has 3 N–H and O–H groups in total. The zero-order chi connectivity index (χ0) is 37.5. The largest absolute Gasteiger partial charge is 0.472 e. The molecule has 0 aliphatic rings. The van der Waals surface area contributed by atoms with E-state index in [9.17, 15) is 19.0 Å². The Labute approximate surface area is 310 Å². The number of hydrogen-bond donors (Lipinski definition) is 2. The molecule has 2 atom stereocenters. The summed E-state index contributed by atoms with van der Waals surface area (Å²) in [5, 5.41) is 0. The van der Waals surface area contributed by atoms with Crippen LogP contribution < -0.4 is 5.73 Å². The van der Waals surface area contributed by atoms with Gasteiger partial charge in [0.1, 0.15) is 6.61 Å². The average Bonchev–Trinajstić information content (AvgIpc) is 3.11. The SMILES string of the molecule is CCC=CCC=CCC=CCC=CCC=CCCCCCC(=O)O[C@H](COC(=O)CCCCCCCC=CCCCC)COP(=O)(O)OCCN. The first-order valence-corrected chi connectivity index (χ1v) is 20.9. The summed E-state index contributed by atoms with van der Waals surface area (Å²) in [6.45, 7) is 3.50. The molecule has 9 nitrogen and oxygen atoms in total. The van der Waals surface area contributed by atoms with Crippen molar-refractivity contribution in [1.82, 2.24) is 0 Å². The molecule has 0 spiro atoms. The van der Waals surface area contributed by atoms with E-state index in [2.05, 4.69) is 86.8 Å². The maximum absolute atomic E-state index is 12.5. The van der Waals surface area contributed by atoms with Gasteiger partial charge in [0.2, 0.25) is 0 Å². The first-order valence-electron chi connectivity index (χ1n) is 19.4. The van der Waals surface area contributed by atoms with Crippen LogP contribution in [0.2, 0.25) is 0 Å². The normalized spacial score (nSPS) is 14.2. The van der Waals surface area contributed by atoms with Gasteiger partial charge in [-0.1, -0.05) is 125 Å². The molecule has 0 aromatic carbocycles. The lowest BCUT2D eigenvalue weighted by Crippen LogP contribution is -2.29. The number of phosphoric ester groups is 1. The molecule has 0 rings (SSSR count). The van der Waals surface area contributed by atoms with Crippen LogP contribution in [-0.2, 0) is 32.7 Å². The van der Waals surface area contributed by atoms with Crippen LogP contribution in [0.3, 0.4) is 0 Å². The minimum absolute atomic E-state index is 0.0428. The summed E-state index contributed by atoms with van der Waals surface area (Å²) in [4.78, 5) is 34.7. The lowest BCUT2D eigenvalue weighted by atomic mass is 10.1. The number of nitrogens with two attached hydrogens (primary N) is 1. The fourth-order valence-corrected chi connectivity index (χ4v) is 5.46. The second kappa shape index (κ2) is 37.2. The second-order valence-corrected chi connectivity index (χ2v) is 13.9. The topological polar surface area (TPSA) is 134 Å². The van der Waals surface area contributed by atoms with Crippen LogP contribution in [0, 0.1) is 0 Å². The van der Waals surface area contributed by atoms with Crippen LogP contribution in [-0.4, -0.2) is 49.3 Å². The number of unbranched alkanes of at least 4 members (excludes halogenated alkanes) is 10. The quantitative estimate of drug-likeness (QED) is 0.0282. The maximum atomic E-state index is 12.5. The van der Waals surface area contributed by atoms with Gasteiger partial charge in [0.15, 0.2) is 6.10 Å². The highest BCUT2D eigenvalue weighted by molar-refractivity contribution is 7.47. The van der Waals surface area contributed by atoms with E-state index in [1.165, 1.54) is 12.8 Å². The number of carbonyl (C=O) groups excluding carboxylic acids is 2. The first-order chi connectivity index (χ1) is 24.8. The average molecular weight is 736 g/mol. The molecule has 0 aliphatic heterocycles. The summed E-state index contributed by atoms with van der Waals surface area (Å²) < 4.78 is 32.6. The molecule has 0 saturated heterocycles. The molecule has 0 saturated carbocycles. The number of allylic oxidation sites excluding steroid dienone is 12. The molecule has 0 aliphatic carbocycles. The van der Waals surface area contributed by atoms with E-state index in [0.29, 0.717) is 12.8 Å². The van der Waals surface area contributed by atoms with E-state index in [1.54, 1.807) is 0 Å². The van der Waals surface area contributed by atoms with E-state index < -0.39 is 32.5 Å². The van der Waals surface area contributed by atoms with Gasteiger partial charge in [-0.3, -0.25) is 18.6 Å². The van der Waals surface area contributed by atoms with Crippen molar-refractivity contribution in [2.24, 2.45) is 5.73 Å². The zero-order valence-electron chi connectivity index (χ0n) is 31.8. The van der Waals surface area contributed by atoms with E-state index in [0.717, 1.165) is 89.9 Å². The Morgan fingerprint density at radius 2 is 1.08 bits per heavy atom. The Kier molecular flexibility index (Phi) is 35.4. The summed E-state index contributed by atoms with van der Waals surface area (Å²) >= 11 is 0. The van der Waals surface area contributed by atoms with Crippen molar-refractivity contribution in [3.8, 4) is 0 Å². The molecule has 0 aromatic heterocycles. The smallest absolute Gasteiger partial charge is 0.462 e. The highest BCUT2D eigenvalue weighted by Crippen LogP contribution is 2.43. The third-order valence-electron chi connectivity index (χ3n) is 7.58. The number of carbonyl (C=O) groups is 2. The minimum Gasteiger partial charge on any atom is -0.462 e. The molecule has 0 aromatic rings. The molecular weight excluding hydrogens is 665 g/mol. The van der Waals surface area contributed by atoms with Gasteiger partial charge in [-0.25, -0.2) is 4.57 Å². The summed E-state index contributed by atoms with van der Waals surface area (Å²) in [6, 6.07) is 0. The molecule has 0 heterocycles. The van der Waals surface area contributed by atoms with Crippen molar-refractivity contribution in [1.29, 1.82) is 0 Å². The monoisotopic (exact) mass is 735 g/mol. The predicted molar refractivity (Wildman–Crippen MR) is 210 cm³/mol. The number of phosphoric acid groups is 1. The summed E-state index contributed by atoms with van der Waals surface area (Å²) in [5.41, 5.74) is 5.33. The molecule has 0 radical (unpaired) electrons. The zero-order valence-corrected chi connectivity index (χ0v) is 32.7. The molecule has 51 heavy (non-hydrogen) atoms. The van der Waals surface area contributed by atoms with Crippen molar-refractivity contribution in [3.05, 3.63) is 72.9 Å². The van der Waals surface area contributed by atoms with Crippen LogP contribution in [0.5, 0.6) is 0 Å². The van der Waals surface area contributed by atoms with Crippen LogP contribution in [0.15, 0.2) is 72.9 Å². The summed E-state index contributed by atoms with van der Waals surface area (Å²) in [6.07, 6.45) is 43.6. The Bertz CT molecular complexity index is 1070. The van der Waals surface area contributed by atoms with Gasteiger partial charge in [-0.05, 0) is 77.0 Å². The summed E-state index contributed by atoms with van der Waals surface area (Å²) in [5.74, 6) is -0.887. The minimum atomic E-state index is -4.39. The molecule has 0 bridgehead atoms. The van der Waals surface area contributed by atoms with Crippen molar-refractivity contribution >= 4 is 19.8 Å². The molecular formula is C41H70NO8P. The van der Waals surface area contributed by atoms with Crippen LogP contribution >= 0.6 is 7.82 Å². The van der Waals surface area contributed by atoms with Crippen molar-refractivity contribution in [2.45, 2.75) is 148 Å².